The van der Waals surface area contributed by atoms with Gasteiger partial charge in [0, 0.05) is 17.8 Å². The average Bonchev–Trinajstić information content (AvgIpc) is 2.52. The lowest BCUT2D eigenvalue weighted by Crippen LogP contribution is -1.98. The minimum Gasteiger partial charge on any atom is -0.496 e. The number of hydrogen-bond acceptors (Lipinski definition) is 3. The summed E-state index contributed by atoms with van der Waals surface area (Å²) in [5.41, 5.74) is 2.96. The zero-order chi connectivity index (χ0) is 14.2. The molecule has 0 bridgehead atoms. The molecule has 2 aromatic rings. The molecule has 0 unspecified atom stereocenters. The third kappa shape index (κ3) is 3.87. The molecule has 0 aliphatic rings. The van der Waals surface area contributed by atoms with Crippen LogP contribution in [0, 0.1) is 0 Å². The molecule has 0 aliphatic heterocycles. The second-order valence-corrected chi connectivity index (χ2v) is 4.38. The van der Waals surface area contributed by atoms with Crippen LogP contribution < -0.4 is 10.1 Å². The van der Waals surface area contributed by atoms with E-state index in [2.05, 4.69) is 5.32 Å². The predicted molar refractivity (Wildman–Crippen MR) is 82.9 cm³/mol. The highest BCUT2D eigenvalue weighted by molar-refractivity contribution is 5.58. The number of anilines is 1. The van der Waals surface area contributed by atoms with E-state index >= 15 is 0 Å². The van der Waals surface area contributed by atoms with E-state index in [0.29, 0.717) is 6.54 Å². The molecule has 3 nitrogen and oxygen atoms in total. The Morgan fingerprint density at radius 2 is 2.00 bits per heavy atom. The van der Waals surface area contributed by atoms with Crippen LogP contribution in [0.5, 0.6) is 5.75 Å². The molecule has 0 heterocycles. The van der Waals surface area contributed by atoms with Crippen molar-refractivity contribution in [3.05, 3.63) is 65.7 Å². The lowest BCUT2D eigenvalue weighted by atomic mass is 10.2. The molecule has 0 fully saturated rings. The maximum absolute atomic E-state index is 9.08. The topological polar surface area (TPSA) is 41.5 Å². The summed E-state index contributed by atoms with van der Waals surface area (Å²) in [6.07, 6.45) is 4.07. The summed E-state index contributed by atoms with van der Waals surface area (Å²) >= 11 is 0. The van der Waals surface area contributed by atoms with Crippen LogP contribution in [-0.4, -0.2) is 18.8 Å². The van der Waals surface area contributed by atoms with E-state index in [0.717, 1.165) is 22.6 Å². The van der Waals surface area contributed by atoms with E-state index in [-0.39, 0.29) is 6.61 Å². The normalized spacial score (nSPS) is 10.7. The number of rotatable bonds is 6. The molecule has 104 valence electrons. The Bertz CT molecular complexity index is 579. The van der Waals surface area contributed by atoms with Gasteiger partial charge in [0.1, 0.15) is 5.75 Å². The van der Waals surface area contributed by atoms with Gasteiger partial charge in [-0.2, -0.15) is 0 Å². The minimum atomic E-state index is 0.0621. The van der Waals surface area contributed by atoms with Crippen LogP contribution in [0.4, 0.5) is 5.69 Å². The monoisotopic (exact) mass is 269 g/mol. The highest BCUT2D eigenvalue weighted by Crippen LogP contribution is 2.18. The summed E-state index contributed by atoms with van der Waals surface area (Å²) in [6, 6.07) is 15.6. The van der Waals surface area contributed by atoms with Gasteiger partial charge in [0.2, 0.25) is 0 Å². The molecule has 0 aliphatic carbocycles. The number of aliphatic hydroxyl groups excluding tert-OH is 1. The van der Waals surface area contributed by atoms with Gasteiger partial charge in [-0.3, -0.25) is 0 Å². The highest BCUT2D eigenvalue weighted by Gasteiger charge is 1.96. The molecule has 0 radical (unpaired) electrons. The number of ether oxygens (including phenoxy) is 1. The van der Waals surface area contributed by atoms with Gasteiger partial charge in [-0.15, -0.1) is 0 Å². The van der Waals surface area contributed by atoms with Crippen molar-refractivity contribution in [2.45, 2.75) is 6.61 Å². The van der Waals surface area contributed by atoms with Gasteiger partial charge in [0.05, 0.1) is 13.7 Å². The number of para-hydroxylation sites is 1. The number of nitrogens with one attached hydrogen (secondary N) is 1. The molecule has 2 N–H and O–H groups in total. The van der Waals surface area contributed by atoms with Crippen LogP contribution in [0.15, 0.2) is 54.6 Å². The van der Waals surface area contributed by atoms with Gasteiger partial charge in [0.25, 0.3) is 0 Å². The SMILES string of the molecule is COc1ccccc1/C=C/CNc1cccc(CO)c1. The molecule has 2 aromatic carbocycles. The van der Waals surface area contributed by atoms with Gasteiger partial charge >= 0.3 is 0 Å². The van der Waals surface area contributed by atoms with Gasteiger partial charge in [-0.05, 0) is 23.8 Å². The fourth-order valence-corrected chi connectivity index (χ4v) is 1.95. The van der Waals surface area contributed by atoms with E-state index in [1.54, 1.807) is 7.11 Å². The van der Waals surface area contributed by atoms with Crippen molar-refractivity contribution < 1.29 is 9.84 Å². The lowest BCUT2D eigenvalue weighted by molar-refractivity contribution is 0.282. The molecule has 20 heavy (non-hydrogen) atoms. The molecule has 0 saturated carbocycles. The average molecular weight is 269 g/mol. The van der Waals surface area contributed by atoms with E-state index in [1.165, 1.54) is 0 Å². The van der Waals surface area contributed by atoms with Crippen molar-refractivity contribution in [3.63, 3.8) is 0 Å². The molecule has 0 atom stereocenters. The van der Waals surface area contributed by atoms with Crippen LogP contribution in [-0.2, 0) is 6.61 Å². The Morgan fingerprint density at radius 3 is 2.80 bits per heavy atom. The first-order chi connectivity index (χ1) is 9.83. The van der Waals surface area contributed by atoms with Crippen molar-refractivity contribution in [3.8, 4) is 5.75 Å². The summed E-state index contributed by atoms with van der Waals surface area (Å²) in [5.74, 6) is 0.867. The first-order valence-electron chi connectivity index (χ1n) is 6.56. The van der Waals surface area contributed by atoms with Gasteiger partial charge in [0.15, 0.2) is 0 Å². The summed E-state index contributed by atoms with van der Waals surface area (Å²) in [6.45, 7) is 0.777. The predicted octanol–water partition coefficient (Wildman–Crippen LogP) is 3.31. The number of benzene rings is 2. The molecular formula is C17H19NO2. The van der Waals surface area contributed by atoms with E-state index in [4.69, 9.17) is 9.84 Å². The second-order valence-electron chi connectivity index (χ2n) is 4.38. The van der Waals surface area contributed by atoms with Crippen molar-refractivity contribution in [1.29, 1.82) is 0 Å². The number of hydrogen-bond donors (Lipinski definition) is 2. The summed E-state index contributed by atoms with van der Waals surface area (Å²) in [7, 11) is 1.67. The third-order valence-corrected chi connectivity index (χ3v) is 2.97. The fraction of sp³-hybridized carbons (Fsp3) is 0.176. The van der Waals surface area contributed by atoms with Crippen molar-refractivity contribution >= 4 is 11.8 Å². The second kappa shape index (κ2) is 7.36. The summed E-state index contributed by atoms with van der Waals surface area (Å²) in [4.78, 5) is 0. The van der Waals surface area contributed by atoms with Crippen molar-refractivity contribution in [1.82, 2.24) is 0 Å². The van der Waals surface area contributed by atoms with E-state index in [9.17, 15) is 0 Å². The van der Waals surface area contributed by atoms with Crippen LogP contribution in [0.3, 0.4) is 0 Å². The van der Waals surface area contributed by atoms with Crippen LogP contribution in [0.1, 0.15) is 11.1 Å². The van der Waals surface area contributed by atoms with E-state index < -0.39 is 0 Å². The Kier molecular flexibility index (Phi) is 5.21. The zero-order valence-electron chi connectivity index (χ0n) is 11.5. The smallest absolute Gasteiger partial charge is 0.126 e. The van der Waals surface area contributed by atoms with Crippen LogP contribution in [0.2, 0.25) is 0 Å². The Hall–Kier alpha value is -2.26. The molecular weight excluding hydrogens is 250 g/mol. The molecule has 3 heteroatoms. The van der Waals surface area contributed by atoms with Gasteiger partial charge in [-0.25, -0.2) is 0 Å². The first kappa shape index (κ1) is 14.2. The lowest BCUT2D eigenvalue weighted by Gasteiger charge is -2.06. The zero-order valence-corrected chi connectivity index (χ0v) is 11.5. The van der Waals surface area contributed by atoms with Crippen LogP contribution >= 0.6 is 0 Å². The molecule has 0 spiro atoms. The highest BCUT2D eigenvalue weighted by atomic mass is 16.5. The summed E-state index contributed by atoms with van der Waals surface area (Å²) in [5, 5.41) is 12.4. The first-order valence-corrected chi connectivity index (χ1v) is 6.56. The van der Waals surface area contributed by atoms with Gasteiger partial charge < -0.3 is 15.2 Å². The third-order valence-electron chi connectivity index (χ3n) is 2.97. The van der Waals surface area contributed by atoms with E-state index in [1.807, 2.05) is 60.7 Å². The van der Waals surface area contributed by atoms with Crippen molar-refractivity contribution in [2.24, 2.45) is 0 Å². The minimum absolute atomic E-state index is 0.0621. The molecule has 0 saturated heterocycles. The standard InChI is InChI=1S/C17H19NO2/c1-20-17-10-3-2-7-15(17)8-5-11-18-16-9-4-6-14(12-16)13-19/h2-10,12,18-19H,11,13H2,1H3/b8-5+. The largest absolute Gasteiger partial charge is 0.496 e. The fourth-order valence-electron chi connectivity index (χ4n) is 1.95. The quantitative estimate of drug-likeness (QED) is 0.845. The van der Waals surface area contributed by atoms with Crippen molar-refractivity contribution in [2.75, 3.05) is 19.0 Å². The Balaban J connectivity index is 1.93. The Morgan fingerprint density at radius 1 is 1.15 bits per heavy atom. The summed E-state index contributed by atoms with van der Waals surface area (Å²) < 4.78 is 5.29. The maximum atomic E-state index is 9.08. The Labute approximate surface area is 119 Å². The van der Waals surface area contributed by atoms with Crippen LogP contribution in [0.25, 0.3) is 6.08 Å². The molecule has 0 aromatic heterocycles. The molecule has 0 amide bonds. The number of aliphatic hydroxyl groups is 1. The van der Waals surface area contributed by atoms with Gasteiger partial charge in [-0.1, -0.05) is 42.5 Å². The number of methoxy groups -OCH3 is 1. The maximum Gasteiger partial charge on any atom is 0.126 e. The molecule has 2 rings (SSSR count).